The number of fused-ring (bicyclic) bond motifs is 3. The van der Waals surface area contributed by atoms with Crippen LogP contribution in [0.4, 0.5) is 0 Å². The number of Topliss-reactive ketones (excluding diaryl/α,β-unsaturated/α-hetero) is 1. The molecule has 0 amide bonds. The van der Waals surface area contributed by atoms with E-state index in [1.54, 1.807) is 0 Å². The van der Waals surface area contributed by atoms with Crippen LogP contribution in [0, 0.1) is 36.2 Å². The molecule has 27 heavy (non-hydrogen) atoms. The first-order valence-corrected chi connectivity index (χ1v) is 11.8. The predicted molar refractivity (Wildman–Crippen MR) is 114 cm³/mol. The number of ether oxygens (including phenoxy) is 1. The molecule has 2 saturated heterocycles. The summed E-state index contributed by atoms with van der Waals surface area (Å²) in [6.45, 7) is 12.6. The van der Waals surface area contributed by atoms with Gasteiger partial charge >= 0.3 is 0 Å². The van der Waals surface area contributed by atoms with Crippen LogP contribution in [0.2, 0.25) is 0 Å². The largest absolute Gasteiger partial charge is 0.360 e. The van der Waals surface area contributed by atoms with E-state index in [0.29, 0.717) is 24.2 Å². The van der Waals surface area contributed by atoms with Gasteiger partial charge in [-0.3, -0.25) is 4.79 Å². The fourth-order valence-corrected chi connectivity index (χ4v) is 5.00. The SMILES string of the molecule is [CH2]CC(C)(C)C(=O)[C]1OC2CC(CCCCCC)C1CC2CCCCCC. The summed E-state index contributed by atoms with van der Waals surface area (Å²) in [5.74, 6) is 1.92. The minimum atomic E-state index is -0.393. The van der Waals surface area contributed by atoms with E-state index in [1.807, 2.05) is 13.8 Å². The third-order valence-corrected chi connectivity index (χ3v) is 7.12. The van der Waals surface area contributed by atoms with Crippen molar-refractivity contribution in [2.45, 2.75) is 117 Å². The molecule has 4 atom stereocenters. The van der Waals surface area contributed by atoms with E-state index in [4.69, 9.17) is 4.74 Å². The first kappa shape index (κ1) is 22.9. The van der Waals surface area contributed by atoms with Crippen LogP contribution in [0.3, 0.4) is 0 Å². The number of unbranched alkanes of at least 4 members (excludes halogenated alkanes) is 6. The topological polar surface area (TPSA) is 26.3 Å². The lowest BCUT2D eigenvalue weighted by atomic mass is 9.62. The average Bonchev–Trinajstić information content (AvgIpc) is 2.68. The average molecular weight is 377 g/mol. The Kier molecular flexibility index (Phi) is 9.32. The highest BCUT2D eigenvalue weighted by atomic mass is 16.5. The fourth-order valence-electron chi connectivity index (χ4n) is 5.00. The van der Waals surface area contributed by atoms with Crippen LogP contribution in [-0.2, 0) is 9.53 Å². The molecule has 1 saturated carbocycles. The number of ketones is 1. The summed E-state index contributed by atoms with van der Waals surface area (Å²) in [6, 6.07) is 0. The Morgan fingerprint density at radius 1 is 0.963 bits per heavy atom. The van der Waals surface area contributed by atoms with Crippen molar-refractivity contribution in [2.24, 2.45) is 23.2 Å². The monoisotopic (exact) mass is 376 g/mol. The van der Waals surface area contributed by atoms with Crippen LogP contribution in [0.15, 0.2) is 0 Å². The lowest BCUT2D eigenvalue weighted by Gasteiger charge is -2.51. The molecule has 4 unspecified atom stereocenters. The smallest absolute Gasteiger partial charge is 0.173 e. The number of hydrogen-bond acceptors (Lipinski definition) is 2. The fraction of sp³-hybridized carbons (Fsp3) is 0.880. The Labute approximate surface area is 169 Å². The van der Waals surface area contributed by atoms with Gasteiger partial charge in [0, 0.05) is 11.3 Å². The molecule has 2 radical (unpaired) electrons. The molecule has 2 nitrogen and oxygen atoms in total. The molecule has 2 aliphatic heterocycles. The summed E-state index contributed by atoms with van der Waals surface area (Å²) in [5.41, 5.74) is -0.393. The third kappa shape index (κ3) is 6.05. The van der Waals surface area contributed by atoms with Gasteiger partial charge in [0.2, 0.25) is 0 Å². The van der Waals surface area contributed by atoms with Crippen molar-refractivity contribution >= 4 is 5.78 Å². The Bertz CT molecular complexity index is 442. The zero-order valence-electron chi connectivity index (χ0n) is 18.5. The molecule has 0 aromatic heterocycles. The molecule has 2 heteroatoms. The van der Waals surface area contributed by atoms with Gasteiger partial charge in [-0.15, -0.1) is 0 Å². The van der Waals surface area contributed by atoms with E-state index in [-0.39, 0.29) is 11.9 Å². The van der Waals surface area contributed by atoms with Crippen molar-refractivity contribution in [2.75, 3.05) is 0 Å². The lowest BCUT2D eigenvalue weighted by Crippen LogP contribution is -2.51. The maximum absolute atomic E-state index is 13.2. The molecule has 156 valence electrons. The summed E-state index contributed by atoms with van der Waals surface area (Å²) in [6.07, 6.45) is 17.2. The van der Waals surface area contributed by atoms with E-state index >= 15 is 0 Å². The molecule has 0 spiro atoms. The maximum atomic E-state index is 13.2. The highest BCUT2D eigenvalue weighted by Gasteiger charge is 2.52. The van der Waals surface area contributed by atoms with E-state index < -0.39 is 5.41 Å². The second-order valence-corrected chi connectivity index (χ2v) is 9.78. The zero-order chi connectivity index (χ0) is 19.9. The zero-order valence-corrected chi connectivity index (χ0v) is 18.5. The van der Waals surface area contributed by atoms with E-state index in [0.717, 1.165) is 6.10 Å². The molecule has 3 rings (SSSR count). The second-order valence-electron chi connectivity index (χ2n) is 9.78. The number of carbonyl (C=O) groups excluding carboxylic acids is 1. The summed E-state index contributed by atoms with van der Waals surface area (Å²) in [5, 5.41) is 0. The Hall–Kier alpha value is -0.370. The highest BCUT2D eigenvalue weighted by molar-refractivity contribution is 5.95. The molecule has 0 aromatic rings. The highest BCUT2D eigenvalue weighted by Crippen LogP contribution is 2.52. The van der Waals surface area contributed by atoms with Gasteiger partial charge < -0.3 is 4.74 Å². The van der Waals surface area contributed by atoms with Crippen LogP contribution in [0.25, 0.3) is 0 Å². The summed E-state index contributed by atoms with van der Waals surface area (Å²) in [7, 11) is 0. The van der Waals surface area contributed by atoms with E-state index in [9.17, 15) is 4.79 Å². The lowest BCUT2D eigenvalue weighted by molar-refractivity contribution is -0.159. The first-order chi connectivity index (χ1) is 12.9. The molecule has 0 aromatic carbocycles. The molecule has 0 N–H and O–H groups in total. The predicted octanol–water partition coefficient (Wildman–Crippen LogP) is 7.32. The minimum absolute atomic E-state index is 0.232. The Morgan fingerprint density at radius 2 is 1.56 bits per heavy atom. The van der Waals surface area contributed by atoms with Gasteiger partial charge in [-0.05, 0) is 43.9 Å². The van der Waals surface area contributed by atoms with Crippen LogP contribution >= 0.6 is 0 Å². The van der Waals surface area contributed by atoms with Crippen molar-refractivity contribution < 1.29 is 9.53 Å². The van der Waals surface area contributed by atoms with Crippen LogP contribution in [-0.4, -0.2) is 11.9 Å². The standard InChI is InChI=1S/C25H44O2/c1-6-9-11-13-15-19-18-22-20(16-14-12-10-7-2)17-21(19)23(27-22)24(26)25(4,5)8-3/h19-22H,3,6-18H2,1-2,4-5H3. The Morgan fingerprint density at radius 3 is 2.07 bits per heavy atom. The van der Waals surface area contributed by atoms with Gasteiger partial charge in [0.15, 0.2) is 11.9 Å². The van der Waals surface area contributed by atoms with Crippen molar-refractivity contribution in [3.63, 3.8) is 0 Å². The van der Waals surface area contributed by atoms with Crippen LogP contribution in [0.1, 0.15) is 111 Å². The van der Waals surface area contributed by atoms with Gasteiger partial charge in [-0.25, -0.2) is 0 Å². The van der Waals surface area contributed by atoms with Gasteiger partial charge in [0.25, 0.3) is 0 Å². The first-order valence-electron chi connectivity index (χ1n) is 11.8. The quantitative estimate of drug-likeness (QED) is 0.315. The van der Waals surface area contributed by atoms with Gasteiger partial charge in [0.1, 0.15) is 0 Å². The Balaban J connectivity index is 2.00. The normalized spacial score (nSPS) is 28.6. The van der Waals surface area contributed by atoms with Crippen molar-refractivity contribution in [1.82, 2.24) is 0 Å². The minimum Gasteiger partial charge on any atom is -0.360 e. The van der Waals surface area contributed by atoms with Gasteiger partial charge in [0.05, 0.1) is 6.10 Å². The summed E-state index contributed by atoms with van der Waals surface area (Å²) >= 11 is 0. The van der Waals surface area contributed by atoms with Gasteiger partial charge in [-0.2, -0.15) is 0 Å². The number of rotatable bonds is 13. The molecule has 2 bridgehead atoms. The van der Waals surface area contributed by atoms with E-state index in [2.05, 4.69) is 20.8 Å². The molecule has 1 aliphatic carbocycles. The molecule has 3 fully saturated rings. The number of hydrogen-bond donors (Lipinski definition) is 0. The molecular weight excluding hydrogens is 332 g/mol. The summed E-state index contributed by atoms with van der Waals surface area (Å²) in [4.78, 5) is 13.2. The van der Waals surface area contributed by atoms with Gasteiger partial charge in [-0.1, -0.05) is 86.0 Å². The molecular formula is C25H44O2. The van der Waals surface area contributed by atoms with E-state index in [1.165, 1.54) is 77.0 Å². The number of carbonyl (C=O) groups is 1. The van der Waals surface area contributed by atoms with Crippen LogP contribution < -0.4 is 0 Å². The van der Waals surface area contributed by atoms with Crippen molar-refractivity contribution in [1.29, 1.82) is 0 Å². The van der Waals surface area contributed by atoms with Crippen molar-refractivity contribution in [3.05, 3.63) is 13.0 Å². The maximum Gasteiger partial charge on any atom is 0.173 e. The second kappa shape index (κ2) is 11.0. The summed E-state index contributed by atoms with van der Waals surface area (Å²) < 4.78 is 6.40. The molecule has 2 heterocycles. The molecule has 3 aliphatic rings. The van der Waals surface area contributed by atoms with Crippen LogP contribution in [0.5, 0.6) is 0 Å². The van der Waals surface area contributed by atoms with Crippen molar-refractivity contribution in [3.8, 4) is 0 Å². The third-order valence-electron chi connectivity index (χ3n) is 7.12.